The molecule has 3 aliphatic carbocycles. The van der Waals surface area contributed by atoms with Crippen molar-refractivity contribution in [2.24, 2.45) is 34.5 Å². The molecule has 5 rings (SSSR count). The van der Waals surface area contributed by atoms with Crippen LogP contribution in [-0.2, 0) is 42.0 Å². The average molecular weight is 769 g/mol. The normalized spacial score (nSPS) is 23.4. The number of benzene rings is 1. The molecule has 2 saturated carbocycles. The molecule has 1 aromatic carbocycles. The Kier molecular flexibility index (Phi) is 12.4. The number of hydrogen-bond acceptors (Lipinski definition) is 7. The number of carbonyl (C=O) groups excluding carboxylic acids is 5. The van der Waals surface area contributed by atoms with Gasteiger partial charge in [-0.1, -0.05) is 77.8 Å². The van der Waals surface area contributed by atoms with Crippen LogP contribution in [0.4, 0.5) is 4.79 Å². The van der Waals surface area contributed by atoms with Crippen molar-refractivity contribution < 1.29 is 32.4 Å². The summed E-state index contributed by atoms with van der Waals surface area (Å²) >= 11 is 0. The van der Waals surface area contributed by atoms with E-state index in [9.17, 15) is 32.4 Å². The van der Waals surface area contributed by atoms with E-state index in [-0.39, 0.29) is 47.9 Å². The van der Waals surface area contributed by atoms with Gasteiger partial charge in [-0.3, -0.25) is 19.2 Å². The van der Waals surface area contributed by atoms with Crippen LogP contribution in [0.5, 0.6) is 0 Å². The van der Waals surface area contributed by atoms with Crippen LogP contribution in [0, 0.1) is 34.5 Å². The largest absolute Gasteiger partial charge is 0.346 e. The number of amides is 5. The summed E-state index contributed by atoms with van der Waals surface area (Å²) in [4.78, 5) is 70.8. The number of Topliss-reactive ketones (excluding diaryl/α,β-unsaturated/α-hetero) is 1. The Morgan fingerprint density at radius 3 is 2.22 bits per heavy atom. The second-order valence-electron chi connectivity index (χ2n) is 17.5. The second-order valence-corrected chi connectivity index (χ2v) is 19.8. The molecule has 5 amide bonds. The number of fused-ring (bicyclic) bond motifs is 2. The number of nitrogens with one attached hydrogen (secondary N) is 4. The van der Waals surface area contributed by atoms with Crippen molar-refractivity contribution in [2.45, 2.75) is 104 Å². The number of urea groups is 1. The lowest BCUT2D eigenvalue weighted by Crippen LogP contribution is -2.61. The van der Waals surface area contributed by atoms with Crippen molar-refractivity contribution >= 4 is 39.6 Å². The fraction of sp³-hybridized carbons (Fsp3) is 0.675. The molecule has 1 heterocycles. The smallest absolute Gasteiger partial charge is 0.315 e. The molecule has 0 aromatic heterocycles. The van der Waals surface area contributed by atoms with Gasteiger partial charge < -0.3 is 26.2 Å². The highest BCUT2D eigenvalue weighted by Crippen LogP contribution is 2.65. The van der Waals surface area contributed by atoms with Crippen LogP contribution >= 0.6 is 0 Å². The Morgan fingerprint density at radius 1 is 1.04 bits per heavy atom. The van der Waals surface area contributed by atoms with E-state index in [1.54, 1.807) is 11.8 Å². The number of likely N-dealkylation sites (N-methyl/N-ethyl adjacent to an activating group) is 1. The Balaban J connectivity index is 1.40. The Labute approximate surface area is 320 Å². The number of sulfonamides is 1. The topological polar surface area (TPSA) is 174 Å². The number of hydrogen-bond donors (Lipinski definition) is 4. The zero-order valence-corrected chi connectivity index (χ0v) is 33.8. The summed E-state index contributed by atoms with van der Waals surface area (Å²) in [6, 6.07) is 3.81. The minimum atomic E-state index is -3.52. The number of nitrogens with zero attached hydrogens (tertiary/aromatic N) is 2. The Morgan fingerprint density at radius 2 is 1.67 bits per heavy atom. The number of rotatable bonds is 17. The van der Waals surface area contributed by atoms with E-state index >= 15 is 0 Å². The van der Waals surface area contributed by atoms with Crippen molar-refractivity contribution in [1.29, 1.82) is 0 Å². The quantitative estimate of drug-likeness (QED) is 0.139. The first-order valence-corrected chi connectivity index (χ1v) is 21.0. The van der Waals surface area contributed by atoms with E-state index in [0.29, 0.717) is 38.1 Å². The third kappa shape index (κ3) is 9.18. The van der Waals surface area contributed by atoms with Crippen molar-refractivity contribution in [1.82, 2.24) is 30.5 Å². The minimum Gasteiger partial charge on any atom is -0.346 e. The summed E-state index contributed by atoms with van der Waals surface area (Å²) in [7, 11) is -2.03. The molecule has 1 saturated heterocycles. The van der Waals surface area contributed by atoms with Gasteiger partial charge in [0.2, 0.25) is 27.6 Å². The van der Waals surface area contributed by atoms with E-state index in [2.05, 4.69) is 41.7 Å². The standard InChI is InChI=1S/C40H60N6O7S/c1-9-19-41-36(49)34(47)29(18-17-24-15-16-24)42-35(48)33-31-28(40(31,6)7)22-46(33)37(50)32(27-20-25-13-11-12-14-26(25)21-27)44-38(51)43-30(39(3,4)5)23-45(8)54(52,53)10-2/h9,11-14,24,27-33H,1,10,15-23H2,2-8H3,(H,41,49)(H,42,48)(H2,43,44,51)/t28-,29?,30+,31-,32-,33-/m0/s1. The lowest BCUT2D eigenvalue weighted by atomic mass is 9.86. The molecule has 0 spiro atoms. The highest BCUT2D eigenvalue weighted by Gasteiger charge is 2.70. The lowest BCUT2D eigenvalue weighted by Gasteiger charge is -2.37. The fourth-order valence-electron chi connectivity index (χ4n) is 8.41. The Hall–Kier alpha value is -3.78. The zero-order valence-electron chi connectivity index (χ0n) is 32.9. The molecule has 4 N–H and O–H groups in total. The van der Waals surface area contributed by atoms with E-state index in [0.717, 1.165) is 24.0 Å². The van der Waals surface area contributed by atoms with Crippen molar-refractivity contribution in [3.05, 3.63) is 48.0 Å². The van der Waals surface area contributed by atoms with E-state index < -0.39 is 63.2 Å². The summed E-state index contributed by atoms with van der Waals surface area (Å²) in [5, 5.41) is 11.4. The van der Waals surface area contributed by atoms with Gasteiger partial charge in [-0.05, 0) is 78.2 Å². The molecule has 298 valence electrons. The molecule has 54 heavy (non-hydrogen) atoms. The van der Waals surface area contributed by atoms with E-state index in [1.807, 2.05) is 45.0 Å². The zero-order chi connectivity index (χ0) is 39.7. The van der Waals surface area contributed by atoms with Gasteiger partial charge in [0, 0.05) is 32.7 Å². The molecule has 14 heteroatoms. The van der Waals surface area contributed by atoms with Crippen LogP contribution in [0.25, 0.3) is 0 Å². The third-order valence-corrected chi connectivity index (χ3v) is 14.1. The highest BCUT2D eigenvalue weighted by molar-refractivity contribution is 7.89. The molecule has 0 radical (unpaired) electrons. The molecule has 4 aliphatic rings. The monoisotopic (exact) mass is 768 g/mol. The van der Waals surface area contributed by atoms with Crippen molar-refractivity contribution in [3.63, 3.8) is 0 Å². The number of ketones is 1. The van der Waals surface area contributed by atoms with Gasteiger partial charge in [0.1, 0.15) is 12.1 Å². The summed E-state index contributed by atoms with van der Waals surface area (Å²) in [5.41, 5.74) is 1.43. The van der Waals surface area contributed by atoms with Gasteiger partial charge in [-0.25, -0.2) is 17.5 Å². The number of likely N-dealkylation sites (tertiary alicyclic amines) is 1. The lowest BCUT2D eigenvalue weighted by molar-refractivity contribution is -0.144. The first-order valence-electron chi connectivity index (χ1n) is 19.4. The van der Waals surface area contributed by atoms with Crippen LogP contribution in [0.3, 0.4) is 0 Å². The molecule has 0 bridgehead atoms. The van der Waals surface area contributed by atoms with Crippen LogP contribution < -0.4 is 21.3 Å². The van der Waals surface area contributed by atoms with Gasteiger partial charge in [0.05, 0.1) is 11.8 Å². The van der Waals surface area contributed by atoms with Crippen molar-refractivity contribution in [2.75, 3.05) is 32.4 Å². The second kappa shape index (κ2) is 16.1. The summed E-state index contributed by atoms with van der Waals surface area (Å²) in [5.74, 6) is -2.39. The molecule has 1 unspecified atom stereocenters. The maximum Gasteiger partial charge on any atom is 0.315 e. The maximum atomic E-state index is 14.9. The van der Waals surface area contributed by atoms with Gasteiger partial charge in [-0.15, -0.1) is 6.58 Å². The molecule has 1 aliphatic heterocycles. The van der Waals surface area contributed by atoms with Gasteiger partial charge >= 0.3 is 6.03 Å². The molecule has 1 aromatic rings. The summed E-state index contributed by atoms with van der Waals surface area (Å²) in [6.07, 6.45) is 5.71. The van der Waals surface area contributed by atoms with Gasteiger partial charge in [-0.2, -0.15) is 0 Å². The van der Waals surface area contributed by atoms with Gasteiger partial charge in [0.25, 0.3) is 5.91 Å². The molecule has 3 fully saturated rings. The first kappa shape index (κ1) is 41.4. The van der Waals surface area contributed by atoms with Gasteiger partial charge in [0.15, 0.2) is 0 Å². The van der Waals surface area contributed by atoms with Crippen LogP contribution in [0.1, 0.15) is 78.4 Å². The maximum absolute atomic E-state index is 14.9. The first-order chi connectivity index (χ1) is 25.3. The SMILES string of the molecule is C=CCNC(=O)C(=O)C(CCC1CC1)NC(=O)[C@@H]1[C@@H]2[C@H](CN1C(=O)[C@@H](NC(=O)N[C@H](CN(C)S(=O)(=O)CC)C(C)(C)C)C1Cc3ccccc3C1)C2(C)C. The van der Waals surface area contributed by atoms with E-state index in [4.69, 9.17) is 0 Å². The summed E-state index contributed by atoms with van der Waals surface area (Å²) < 4.78 is 26.5. The fourth-order valence-corrected chi connectivity index (χ4v) is 9.23. The minimum absolute atomic E-state index is 0.0413. The predicted molar refractivity (Wildman–Crippen MR) is 206 cm³/mol. The molecule has 13 nitrogen and oxygen atoms in total. The number of piperidine rings is 1. The molecular formula is C40H60N6O7S. The highest BCUT2D eigenvalue weighted by atomic mass is 32.2. The Bertz CT molecular complexity index is 1710. The van der Waals surface area contributed by atoms with Crippen LogP contribution in [0.2, 0.25) is 0 Å². The third-order valence-electron chi connectivity index (χ3n) is 12.3. The van der Waals surface area contributed by atoms with Crippen molar-refractivity contribution in [3.8, 4) is 0 Å². The molecular weight excluding hydrogens is 709 g/mol. The summed E-state index contributed by atoms with van der Waals surface area (Å²) in [6.45, 7) is 15.5. The number of carbonyl (C=O) groups is 5. The van der Waals surface area contributed by atoms with E-state index in [1.165, 1.54) is 17.4 Å². The van der Waals surface area contributed by atoms with Crippen LogP contribution in [0.15, 0.2) is 36.9 Å². The predicted octanol–water partition coefficient (Wildman–Crippen LogP) is 2.79. The van der Waals surface area contributed by atoms with Crippen LogP contribution in [-0.4, -0.2) is 104 Å². The molecule has 6 atom stereocenters. The average Bonchev–Trinajstić information content (AvgIpc) is 3.89.